The third-order valence-corrected chi connectivity index (χ3v) is 3.91. The van der Waals surface area contributed by atoms with Crippen molar-refractivity contribution in [2.45, 2.75) is 13.1 Å². The van der Waals surface area contributed by atoms with Crippen molar-refractivity contribution < 1.29 is 4.79 Å². The molecule has 0 bridgehead atoms. The monoisotopic (exact) mass is 278 g/mol. The summed E-state index contributed by atoms with van der Waals surface area (Å²) in [6.07, 6.45) is 1.72. The molecule has 1 amide bonds. The first-order chi connectivity index (χ1) is 10.2. The van der Waals surface area contributed by atoms with Gasteiger partial charge in [0.05, 0.1) is 24.1 Å². The molecule has 0 saturated carbocycles. The van der Waals surface area contributed by atoms with Gasteiger partial charge in [0.1, 0.15) is 5.69 Å². The predicted octanol–water partition coefficient (Wildman–Crippen LogP) is 1.79. The summed E-state index contributed by atoms with van der Waals surface area (Å²) in [6, 6.07) is 13.9. The average Bonchev–Trinajstić information content (AvgIpc) is 3.07. The summed E-state index contributed by atoms with van der Waals surface area (Å²) in [4.78, 5) is 16.1. The highest BCUT2D eigenvalue weighted by molar-refractivity contribution is 5.97. The molecule has 2 aromatic heterocycles. The molecule has 0 spiro atoms. The van der Waals surface area contributed by atoms with Crippen LogP contribution in [-0.2, 0) is 13.1 Å². The van der Waals surface area contributed by atoms with Gasteiger partial charge in [-0.25, -0.2) is 4.68 Å². The van der Waals surface area contributed by atoms with Crippen LogP contribution in [0.3, 0.4) is 0 Å². The van der Waals surface area contributed by atoms with Gasteiger partial charge in [0, 0.05) is 6.20 Å². The fourth-order valence-corrected chi connectivity index (χ4v) is 2.96. The molecule has 104 valence electrons. The second-order valence-electron chi connectivity index (χ2n) is 5.20. The van der Waals surface area contributed by atoms with Crippen molar-refractivity contribution in [3.05, 3.63) is 65.5 Å². The van der Waals surface area contributed by atoms with Crippen molar-refractivity contribution in [1.29, 1.82) is 0 Å². The zero-order valence-corrected chi connectivity index (χ0v) is 11.4. The Kier molecular flexibility index (Phi) is 2.47. The maximum absolute atomic E-state index is 11.8. The molecule has 5 nitrogen and oxygen atoms in total. The Labute approximate surface area is 121 Å². The number of nitrogens with two attached hydrogens (primary N) is 1. The van der Waals surface area contributed by atoms with E-state index in [0.29, 0.717) is 5.69 Å². The van der Waals surface area contributed by atoms with Gasteiger partial charge < -0.3 is 10.7 Å². The second kappa shape index (κ2) is 4.34. The van der Waals surface area contributed by atoms with Crippen LogP contribution in [0.5, 0.6) is 0 Å². The van der Waals surface area contributed by atoms with Crippen LogP contribution in [0.4, 0.5) is 0 Å². The molecule has 21 heavy (non-hydrogen) atoms. The normalized spacial score (nSPS) is 13.6. The number of benzene rings is 1. The summed E-state index contributed by atoms with van der Waals surface area (Å²) in [7, 11) is 0. The molecule has 0 saturated heterocycles. The molecular weight excluding hydrogens is 264 g/mol. The molecule has 0 fully saturated rings. The van der Waals surface area contributed by atoms with Crippen LogP contribution < -0.4 is 10.7 Å². The summed E-state index contributed by atoms with van der Waals surface area (Å²) in [5.41, 5.74) is 10.2. The van der Waals surface area contributed by atoms with Crippen molar-refractivity contribution >= 4 is 16.9 Å². The minimum atomic E-state index is -0.441. The molecule has 2 N–H and O–H groups in total. The van der Waals surface area contributed by atoms with Crippen molar-refractivity contribution in [3.63, 3.8) is 0 Å². The van der Waals surface area contributed by atoms with Gasteiger partial charge in [0.25, 0.3) is 5.91 Å². The predicted molar refractivity (Wildman–Crippen MR) is 80.3 cm³/mol. The number of hydrogen-bond acceptors (Lipinski definition) is 3. The van der Waals surface area contributed by atoms with E-state index in [1.807, 2.05) is 28.9 Å². The Bertz CT molecular complexity index is 827. The molecule has 0 aliphatic carbocycles. The molecule has 4 rings (SSSR count). The highest BCUT2D eigenvalue weighted by Gasteiger charge is 2.24. The highest BCUT2D eigenvalue weighted by Crippen LogP contribution is 2.26. The molecule has 0 radical (unpaired) electrons. The zero-order chi connectivity index (χ0) is 14.4. The number of aromatic nitrogens is 2. The first kappa shape index (κ1) is 12.0. The average molecular weight is 278 g/mol. The fraction of sp³-hybridized carbons (Fsp3) is 0.125. The van der Waals surface area contributed by atoms with Gasteiger partial charge in [-0.3, -0.25) is 9.78 Å². The van der Waals surface area contributed by atoms with Gasteiger partial charge in [-0.2, -0.15) is 0 Å². The van der Waals surface area contributed by atoms with E-state index >= 15 is 0 Å². The Hall–Kier alpha value is -2.82. The Morgan fingerprint density at radius 1 is 1.10 bits per heavy atom. The maximum Gasteiger partial charge on any atom is 0.267 e. The SMILES string of the molecule is NC(=O)c1cc2ncccc2n1N1Cc2ccccc2C1. The summed E-state index contributed by atoms with van der Waals surface area (Å²) in [5.74, 6) is -0.441. The van der Waals surface area contributed by atoms with E-state index < -0.39 is 5.91 Å². The number of nitrogens with zero attached hydrogens (tertiary/aromatic N) is 3. The van der Waals surface area contributed by atoms with Gasteiger partial charge in [-0.15, -0.1) is 0 Å². The number of pyridine rings is 1. The van der Waals surface area contributed by atoms with E-state index in [2.05, 4.69) is 22.1 Å². The van der Waals surface area contributed by atoms with Gasteiger partial charge in [-0.05, 0) is 29.3 Å². The molecule has 1 aliphatic rings. The van der Waals surface area contributed by atoms with E-state index in [1.165, 1.54) is 11.1 Å². The number of fused-ring (bicyclic) bond motifs is 2. The van der Waals surface area contributed by atoms with Crippen LogP contribution in [0.15, 0.2) is 48.7 Å². The minimum absolute atomic E-state index is 0.441. The summed E-state index contributed by atoms with van der Waals surface area (Å²) in [5, 5.41) is 2.12. The van der Waals surface area contributed by atoms with E-state index in [0.717, 1.165) is 24.1 Å². The standard InChI is InChI=1S/C16H14N4O/c17-16(21)15-8-13-14(6-3-7-18-13)20(15)19-9-11-4-1-2-5-12(11)10-19/h1-8H,9-10H2,(H2,17,21). The lowest BCUT2D eigenvalue weighted by molar-refractivity contribution is 0.0991. The summed E-state index contributed by atoms with van der Waals surface area (Å²) >= 11 is 0. The van der Waals surface area contributed by atoms with E-state index in [-0.39, 0.29) is 0 Å². The molecule has 1 aliphatic heterocycles. The van der Waals surface area contributed by atoms with Crippen LogP contribution in [-0.4, -0.2) is 15.6 Å². The van der Waals surface area contributed by atoms with E-state index in [4.69, 9.17) is 5.73 Å². The third-order valence-electron chi connectivity index (χ3n) is 3.91. The number of hydrogen-bond donors (Lipinski definition) is 1. The van der Waals surface area contributed by atoms with Gasteiger partial charge in [-0.1, -0.05) is 24.3 Å². The van der Waals surface area contributed by atoms with Crippen molar-refractivity contribution in [3.8, 4) is 0 Å². The molecule has 3 aromatic rings. The number of rotatable bonds is 2. The molecular formula is C16H14N4O. The van der Waals surface area contributed by atoms with Crippen molar-refractivity contribution in [2.75, 3.05) is 5.01 Å². The number of primary amides is 1. The second-order valence-corrected chi connectivity index (χ2v) is 5.20. The topological polar surface area (TPSA) is 64.2 Å². The Morgan fingerprint density at radius 2 is 1.81 bits per heavy atom. The maximum atomic E-state index is 11.8. The minimum Gasteiger partial charge on any atom is -0.364 e. The van der Waals surface area contributed by atoms with Crippen LogP contribution in [0.2, 0.25) is 0 Å². The summed E-state index contributed by atoms with van der Waals surface area (Å²) in [6.45, 7) is 1.52. The van der Waals surface area contributed by atoms with Crippen LogP contribution in [0.25, 0.3) is 11.0 Å². The first-order valence-electron chi connectivity index (χ1n) is 6.82. The Balaban J connectivity index is 1.87. The third kappa shape index (κ3) is 1.78. The lowest BCUT2D eigenvalue weighted by Crippen LogP contribution is -2.32. The molecule has 0 atom stereocenters. The van der Waals surface area contributed by atoms with Crippen LogP contribution >= 0.6 is 0 Å². The van der Waals surface area contributed by atoms with Gasteiger partial charge >= 0.3 is 0 Å². The first-order valence-corrected chi connectivity index (χ1v) is 6.82. The largest absolute Gasteiger partial charge is 0.364 e. The number of amides is 1. The molecule has 1 aromatic carbocycles. The molecule has 5 heteroatoms. The van der Waals surface area contributed by atoms with E-state index in [9.17, 15) is 4.79 Å². The van der Waals surface area contributed by atoms with Crippen LogP contribution in [0, 0.1) is 0 Å². The Morgan fingerprint density at radius 3 is 2.48 bits per heavy atom. The lowest BCUT2D eigenvalue weighted by atomic mass is 10.1. The van der Waals surface area contributed by atoms with Crippen LogP contribution in [0.1, 0.15) is 21.6 Å². The number of carbonyl (C=O) groups excluding carboxylic acids is 1. The smallest absolute Gasteiger partial charge is 0.267 e. The summed E-state index contributed by atoms with van der Waals surface area (Å²) < 4.78 is 1.89. The van der Waals surface area contributed by atoms with Gasteiger partial charge in [0.2, 0.25) is 0 Å². The van der Waals surface area contributed by atoms with Crippen molar-refractivity contribution in [1.82, 2.24) is 9.66 Å². The van der Waals surface area contributed by atoms with E-state index in [1.54, 1.807) is 12.3 Å². The van der Waals surface area contributed by atoms with Crippen molar-refractivity contribution in [2.24, 2.45) is 5.73 Å². The van der Waals surface area contributed by atoms with Gasteiger partial charge in [0.15, 0.2) is 0 Å². The lowest BCUT2D eigenvalue weighted by Gasteiger charge is -2.22. The quantitative estimate of drug-likeness (QED) is 0.777. The molecule has 0 unspecified atom stereocenters. The highest BCUT2D eigenvalue weighted by atomic mass is 16.1. The molecule has 3 heterocycles. The number of carbonyl (C=O) groups is 1. The zero-order valence-electron chi connectivity index (χ0n) is 11.4. The fourth-order valence-electron chi connectivity index (χ4n) is 2.96.